The van der Waals surface area contributed by atoms with Crippen molar-refractivity contribution in [1.82, 2.24) is 4.48 Å². The molecule has 13 rings (SSSR count). The molecule has 1 unspecified atom stereocenters. The molecule has 0 spiro atoms. The Morgan fingerprint density at radius 1 is 0.378 bits per heavy atom. The number of rotatable bonds is 4. The number of benzene rings is 9. The van der Waals surface area contributed by atoms with Crippen LogP contribution in [0.25, 0.3) is 33.1 Å². The van der Waals surface area contributed by atoms with Crippen molar-refractivity contribution in [2.24, 2.45) is 0 Å². The van der Waals surface area contributed by atoms with Crippen LogP contribution in [0, 0.1) is 0 Å². The monoisotopic (exact) mass is 1070 g/mol. The summed E-state index contributed by atoms with van der Waals surface area (Å²) >= 11 is 0. The Kier molecular flexibility index (Phi) is 11.8. The summed E-state index contributed by atoms with van der Waals surface area (Å²) in [5, 5.41) is 2.28. The molecule has 0 aliphatic carbocycles. The Morgan fingerprint density at radius 3 is 1.59 bits per heavy atom. The minimum Gasteiger partial charge on any atom is -0.455 e. The molecule has 10 aromatic rings. The smallest absolute Gasteiger partial charge is 0.262 e. The van der Waals surface area contributed by atoms with Gasteiger partial charge in [0.05, 0.1) is 11.4 Å². The second-order valence-corrected chi connectivity index (χ2v) is 29.6. The maximum atomic E-state index is 7.38. The molecule has 1 aromatic heterocycles. The van der Waals surface area contributed by atoms with Gasteiger partial charge < -0.3 is 14.2 Å². The molecule has 0 amide bonds. The van der Waals surface area contributed by atoms with Crippen LogP contribution in [0.3, 0.4) is 0 Å². The average molecular weight is 1080 g/mol. The van der Waals surface area contributed by atoms with Gasteiger partial charge in [-0.3, -0.25) is 0 Å². The molecular weight excluding hydrogens is 994 g/mol. The third-order valence-corrected chi connectivity index (χ3v) is 18.8. The van der Waals surface area contributed by atoms with Crippen molar-refractivity contribution in [3.05, 3.63) is 215 Å². The minimum atomic E-state index is -0.689. The normalized spacial score (nSPS) is 16.7. The summed E-state index contributed by atoms with van der Waals surface area (Å²) in [6.45, 7) is 40.0. The van der Waals surface area contributed by atoms with Gasteiger partial charge in [-0.2, -0.15) is 0 Å². The molecule has 1 atom stereocenters. The predicted octanol–water partition coefficient (Wildman–Crippen LogP) is 20.0. The molecule has 5 heteroatoms. The second-order valence-electron chi connectivity index (χ2n) is 29.6. The van der Waals surface area contributed by atoms with E-state index in [0.29, 0.717) is 4.48 Å². The zero-order valence-corrected chi connectivity index (χ0v) is 51.6. The van der Waals surface area contributed by atoms with E-state index < -0.39 is 5.54 Å². The summed E-state index contributed by atoms with van der Waals surface area (Å²) in [7, 11) is 0. The summed E-state index contributed by atoms with van der Waals surface area (Å²) in [5.74, 6) is 0. The highest BCUT2D eigenvalue weighted by atomic mass is 16.3. The van der Waals surface area contributed by atoms with Gasteiger partial charge in [0.2, 0.25) is 0 Å². The molecule has 2 bridgehead atoms. The molecule has 0 saturated carbocycles. The zero-order valence-electron chi connectivity index (χ0n) is 51.6. The molecule has 0 fully saturated rings. The molecular formula is C77H81BN3O+. The van der Waals surface area contributed by atoms with E-state index in [9.17, 15) is 0 Å². The molecule has 0 N–H and O–H groups in total. The highest BCUT2D eigenvalue weighted by Crippen LogP contribution is 2.63. The maximum Gasteiger partial charge on any atom is 0.262 e. The highest BCUT2D eigenvalue weighted by Gasteiger charge is 2.62. The number of furan rings is 1. The predicted molar refractivity (Wildman–Crippen MR) is 354 cm³/mol. The number of fused-ring (bicyclic) bond motifs is 10. The molecule has 4 heterocycles. The lowest BCUT2D eigenvalue weighted by Gasteiger charge is -2.57. The van der Waals surface area contributed by atoms with Gasteiger partial charge in [-0.25, -0.2) is 4.48 Å². The number of para-hydroxylation sites is 5. The van der Waals surface area contributed by atoms with Crippen molar-refractivity contribution >= 4 is 96.2 Å². The van der Waals surface area contributed by atoms with Crippen LogP contribution in [0.5, 0.6) is 0 Å². The van der Waals surface area contributed by atoms with Gasteiger partial charge >= 0.3 is 0 Å². The lowest BCUT2D eigenvalue weighted by Crippen LogP contribution is -2.69. The van der Waals surface area contributed by atoms with Crippen molar-refractivity contribution in [1.29, 1.82) is 0 Å². The van der Waals surface area contributed by atoms with Crippen molar-refractivity contribution in [3.8, 4) is 11.1 Å². The number of anilines is 6. The third kappa shape index (κ3) is 7.88. The largest absolute Gasteiger partial charge is 0.455 e. The molecule has 3 aliphatic rings. The quantitative estimate of drug-likeness (QED) is 0.129. The Hall–Kier alpha value is -7.60. The number of nitrogens with zero attached hydrogens (tertiary/aromatic N) is 3. The summed E-state index contributed by atoms with van der Waals surface area (Å²) < 4.78 is 7.79. The van der Waals surface area contributed by atoms with Gasteiger partial charge in [0.15, 0.2) is 5.69 Å². The van der Waals surface area contributed by atoms with Crippen molar-refractivity contribution in [2.45, 2.75) is 150 Å². The van der Waals surface area contributed by atoms with Crippen LogP contribution >= 0.6 is 0 Å². The Morgan fingerprint density at radius 2 is 0.915 bits per heavy atom. The fourth-order valence-electron chi connectivity index (χ4n) is 14.5. The Bertz CT molecular complexity index is 4230. The van der Waals surface area contributed by atoms with Crippen LogP contribution in [0.4, 0.5) is 51.2 Å². The van der Waals surface area contributed by atoms with Gasteiger partial charge in [0.1, 0.15) is 28.1 Å². The topological polar surface area (TPSA) is 19.6 Å². The minimum absolute atomic E-state index is 0.0123. The van der Waals surface area contributed by atoms with Gasteiger partial charge in [0, 0.05) is 73.4 Å². The Labute approximate surface area is 489 Å². The fourth-order valence-corrected chi connectivity index (χ4v) is 14.5. The molecule has 9 aromatic carbocycles. The summed E-state index contributed by atoms with van der Waals surface area (Å²) in [6.07, 6.45) is 0. The van der Waals surface area contributed by atoms with E-state index in [1.165, 1.54) is 89.6 Å². The van der Waals surface area contributed by atoms with E-state index in [0.717, 1.165) is 44.4 Å². The summed E-state index contributed by atoms with van der Waals surface area (Å²) in [5.41, 5.74) is 25.5. The molecule has 82 heavy (non-hydrogen) atoms. The summed E-state index contributed by atoms with van der Waals surface area (Å²) in [6, 6.07) is 71.0. The van der Waals surface area contributed by atoms with Crippen molar-refractivity contribution in [2.75, 3.05) is 9.80 Å². The molecule has 412 valence electrons. The van der Waals surface area contributed by atoms with Crippen LogP contribution in [-0.4, -0.2) is 6.71 Å². The first kappa shape index (κ1) is 53.7. The lowest BCUT2D eigenvalue weighted by atomic mass is 9.32. The molecule has 0 saturated heterocycles. The Balaban J connectivity index is 1.26. The average Bonchev–Trinajstić information content (AvgIpc) is 1.19. The van der Waals surface area contributed by atoms with E-state index in [1.807, 2.05) is 0 Å². The number of hydrogen-bond donors (Lipinski definition) is 0. The van der Waals surface area contributed by atoms with Crippen LogP contribution < -0.4 is 30.7 Å². The first-order valence-electron chi connectivity index (χ1n) is 29.9. The van der Waals surface area contributed by atoms with Crippen LogP contribution in [0.1, 0.15) is 151 Å². The van der Waals surface area contributed by atoms with Crippen molar-refractivity contribution in [3.63, 3.8) is 0 Å². The zero-order chi connectivity index (χ0) is 58.0. The number of hydrogen-bond acceptors (Lipinski definition) is 3. The SMILES string of the molecule is CC(C)(C)c1ccc(N2c3ccc(C(C)(C)C)cc3B3c4cc(C(C)(C)C)ccc4[N+]4(c5ccccc5-c5cccc6c5oc5c(C(C)(C)C)cccc56)c5cc(cc2c53)N(c2ccccc2C(C)(C)C)c2ccccc2C4(C)C)cc1. The van der Waals surface area contributed by atoms with E-state index in [2.05, 4.69) is 309 Å². The first-order valence-corrected chi connectivity index (χ1v) is 29.9. The molecule has 3 aliphatic heterocycles. The first-order chi connectivity index (χ1) is 38.6. The maximum absolute atomic E-state index is 7.38. The van der Waals surface area contributed by atoms with E-state index in [1.54, 1.807) is 0 Å². The molecule has 0 radical (unpaired) electrons. The van der Waals surface area contributed by atoms with Crippen LogP contribution in [0.15, 0.2) is 186 Å². The highest BCUT2D eigenvalue weighted by molar-refractivity contribution is 7.00. The van der Waals surface area contributed by atoms with Gasteiger partial charge in [-0.05, 0) is 123 Å². The standard InChI is InChI=1S/C77H81BN3O/c1-72(2,3)48-36-40-51(41-37-48)79-64-42-38-49(73(4,5)6)44-60(64)78-61-45-50(74(7,8)9)39-43-67(61)81(66-35-23-18-26-53(66)54-27-24-28-55-56-29-25-32-59(76(13,14)15)71(56)82-70(54)55)68-47-52(46-65(79)69(68)78)80(62-33-21-19-30-57(62)75(10,11)12)63-34-22-20-31-58(63)77(81,16)17/h18-47H,1-17H3/q+1. The van der Waals surface area contributed by atoms with Crippen LogP contribution in [-0.2, 0) is 32.6 Å². The van der Waals surface area contributed by atoms with E-state index in [-0.39, 0.29) is 33.8 Å². The second kappa shape index (κ2) is 18.0. The van der Waals surface area contributed by atoms with Gasteiger partial charge in [-0.15, -0.1) is 0 Å². The van der Waals surface area contributed by atoms with Crippen LogP contribution in [0.2, 0.25) is 0 Å². The van der Waals surface area contributed by atoms with Crippen molar-refractivity contribution < 1.29 is 4.42 Å². The van der Waals surface area contributed by atoms with Gasteiger partial charge in [0.25, 0.3) is 6.71 Å². The van der Waals surface area contributed by atoms with E-state index >= 15 is 0 Å². The van der Waals surface area contributed by atoms with Gasteiger partial charge in [-0.1, -0.05) is 225 Å². The lowest BCUT2D eigenvalue weighted by molar-refractivity contribution is 0.277. The number of quaternary nitrogens is 1. The molecule has 4 nitrogen and oxygen atoms in total. The van der Waals surface area contributed by atoms with E-state index in [4.69, 9.17) is 4.42 Å². The third-order valence-electron chi connectivity index (χ3n) is 18.8. The fraction of sp³-hybridized carbons (Fsp3) is 0.299. The summed E-state index contributed by atoms with van der Waals surface area (Å²) in [4.78, 5) is 5.24.